The molecular weight excluding hydrogens is 208 g/mol. The maximum Gasteiger partial charge on any atom is 0.0368 e. The third-order valence-corrected chi connectivity index (χ3v) is 3.44. The molecule has 2 N–H and O–H groups in total. The lowest BCUT2D eigenvalue weighted by molar-refractivity contribution is 0.571. The summed E-state index contributed by atoms with van der Waals surface area (Å²) in [5.41, 5.74) is 8.22. The Hall–Kier alpha value is -1.02. The molecule has 1 saturated carbocycles. The van der Waals surface area contributed by atoms with Crippen molar-refractivity contribution in [1.82, 2.24) is 0 Å². The van der Waals surface area contributed by atoms with Crippen molar-refractivity contribution >= 4 is 5.69 Å². The van der Waals surface area contributed by atoms with Gasteiger partial charge in [-0.25, -0.2) is 0 Å². The molecule has 1 aliphatic rings. The zero-order valence-electron chi connectivity index (χ0n) is 11.0. The molecule has 0 heterocycles. The Morgan fingerprint density at radius 1 is 1.24 bits per heavy atom. The molecule has 0 bridgehead atoms. The molecule has 0 saturated heterocycles. The number of nitrogens with two attached hydrogens (primary N) is 1. The van der Waals surface area contributed by atoms with Gasteiger partial charge in [-0.05, 0) is 42.9 Å². The van der Waals surface area contributed by atoms with Crippen molar-refractivity contribution in [3.63, 3.8) is 0 Å². The number of nitrogens with zero attached hydrogens (tertiary/aromatic N) is 1. The minimum absolute atomic E-state index is 0.635. The molecule has 0 aliphatic heterocycles. The van der Waals surface area contributed by atoms with Crippen molar-refractivity contribution < 1.29 is 0 Å². The lowest BCUT2D eigenvalue weighted by Crippen LogP contribution is -2.27. The van der Waals surface area contributed by atoms with E-state index in [1.807, 2.05) is 0 Å². The molecule has 2 heteroatoms. The number of hydrogen-bond acceptors (Lipinski definition) is 2. The van der Waals surface area contributed by atoms with Gasteiger partial charge < -0.3 is 10.6 Å². The van der Waals surface area contributed by atoms with Crippen LogP contribution >= 0.6 is 0 Å². The van der Waals surface area contributed by atoms with Crippen LogP contribution in [0.1, 0.15) is 38.7 Å². The van der Waals surface area contributed by atoms with Gasteiger partial charge in [-0.1, -0.05) is 26.0 Å². The largest absolute Gasteiger partial charge is 0.369 e. The van der Waals surface area contributed by atoms with Gasteiger partial charge in [0, 0.05) is 24.8 Å². The molecule has 0 aromatic heterocycles. The standard InChI is InChI=1S/C15H24N2/c1-12(2)9-10-17(15-7-8-15)14-5-3-13(11-16)4-6-14/h3-6,12,15H,7-11,16H2,1-2H3. The Kier molecular flexibility index (Phi) is 4.06. The zero-order valence-corrected chi connectivity index (χ0v) is 11.0. The summed E-state index contributed by atoms with van der Waals surface area (Å²) in [5, 5.41) is 0. The molecule has 94 valence electrons. The van der Waals surface area contributed by atoms with Gasteiger partial charge in [-0.2, -0.15) is 0 Å². The molecular formula is C15H24N2. The Balaban J connectivity index is 2.03. The summed E-state index contributed by atoms with van der Waals surface area (Å²) in [7, 11) is 0. The Morgan fingerprint density at radius 3 is 2.35 bits per heavy atom. The van der Waals surface area contributed by atoms with Crippen LogP contribution in [0.4, 0.5) is 5.69 Å². The van der Waals surface area contributed by atoms with Crippen LogP contribution in [-0.4, -0.2) is 12.6 Å². The lowest BCUT2D eigenvalue weighted by Gasteiger charge is -2.25. The van der Waals surface area contributed by atoms with Crippen molar-refractivity contribution in [3.8, 4) is 0 Å². The van der Waals surface area contributed by atoms with Gasteiger partial charge in [-0.15, -0.1) is 0 Å². The minimum atomic E-state index is 0.635. The first-order chi connectivity index (χ1) is 8.20. The first-order valence-electron chi connectivity index (χ1n) is 6.76. The molecule has 2 nitrogen and oxygen atoms in total. The van der Waals surface area contributed by atoms with E-state index >= 15 is 0 Å². The van der Waals surface area contributed by atoms with Gasteiger partial charge in [0.25, 0.3) is 0 Å². The highest BCUT2D eigenvalue weighted by atomic mass is 15.2. The van der Waals surface area contributed by atoms with Crippen LogP contribution in [0.15, 0.2) is 24.3 Å². The van der Waals surface area contributed by atoms with E-state index in [0.717, 1.165) is 12.0 Å². The predicted molar refractivity (Wildman–Crippen MR) is 74.2 cm³/mol. The topological polar surface area (TPSA) is 29.3 Å². The molecule has 1 aromatic rings. The Morgan fingerprint density at radius 2 is 1.88 bits per heavy atom. The van der Waals surface area contributed by atoms with E-state index in [1.165, 1.54) is 37.1 Å². The van der Waals surface area contributed by atoms with Crippen molar-refractivity contribution in [2.24, 2.45) is 11.7 Å². The number of rotatable bonds is 6. The average molecular weight is 232 g/mol. The minimum Gasteiger partial charge on any atom is -0.369 e. The van der Waals surface area contributed by atoms with Crippen LogP contribution in [0.3, 0.4) is 0 Å². The summed E-state index contributed by atoms with van der Waals surface area (Å²) >= 11 is 0. The Labute approximate surface area is 105 Å². The Bertz CT molecular complexity index is 338. The molecule has 1 aliphatic carbocycles. The summed E-state index contributed by atoms with van der Waals surface area (Å²) in [5.74, 6) is 0.777. The molecule has 1 aromatic carbocycles. The number of benzene rings is 1. The number of hydrogen-bond donors (Lipinski definition) is 1. The predicted octanol–water partition coefficient (Wildman–Crippen LogP) is 3.16. The van der Waals surface area contributed by atoms with E-state index < -0.39 is 0 Å². The third kappa shape index (κ3) is 3.47. The van der Waals surface area contributed by atoms with E-state index in [-0.39, 0.29) is 0 Å². The van der Waals surface area contributed by atoms with E-state index in [9.17, 15) is 0 Å². The molecule has 0 spiro atoms. The average Bonchev–Trinajstić information content (AvgIpc) is 3.14. The number of anilines is 1. The van der Waals surface area contributed by atoms with Crippen LogP contribution in [0, 0.1) is 5.92 Å². The van der Waals surface area contributed by atoms with Crippen LogP contribution < -0.4 is 10.6 Å². The van der Waals surface area contributed by atoms with Gasteiger partial charge in [-0.3, -0.25) is 0 Å². The summed E-state index contributed by atoms with van der Waals surface area (Å²) in [6.45, 7) is 6.41. The monoisotopic (exact) mass is 232 g/mol. The van der Waals surface area contributed by atoms with Gasteiger partial charge in [0.1, 0.15) is 0 Å². The fourth-order valence-electron chi connectivity index (χ4n) is 2.13. The lowest BCUT2D eigenvalue weighted by atomic mass is 10.1. The quantitative estimate of drug-likeness (QED) is 0.816. The molecule has 0 unspecified atom stereocenters. The van der Waals surface area contributed by atoms with Gasteiger partial charge in [0.15, 0.2) is 0 Å². The van der Waals surface area contributed by atoms with E-state index in [0.29, 0.717) is 6.54 Å². The van der Waals surface area contributed by atoms with Crippen molar-refractivity contribution in [1.29, 1.82) is 0 Å². The summed E-state index contributed by atoms with van der Waals surface area (Å²) < 4.78 is 0. The maximum atomic E-state index is 5.63. The normalized spacial score (nSPS) is 15.3. The molecule has 1 fully saturated rings. The second-order valence-corrected chi connectivity index (χ2v) is 5.48. The van der Waals surface area contributed by atoms with Crippen molar-refractivity contribution in [2.45, 2.75) is 45.7 Å². The molecule has 17 heavy (non-hydrogen) atoms. The molecule has 2 rings (SSSR count). The van der Waals surface area contributed by atoms with Crippen LogP contribution in [-0.2, 0) is 6.54 Å². The van der Waals surface area contributed by atoms with Crippen LogP contribution in [0.5, 0.6) is 0 Å². The summed E-state index contributed by atoms with van der Waals surface area (Å²) in [6, 6.07) is 9.54. The van der Waals surface area contributed by atoms with Gasteiger partial charge >= 0.3 is 0 Å². The van der Waals surface area contributed by atoms with E-state index in [4.69, 9.17) is 5.73 Å². The molecule has 0 atom stereocenters. The maximum absolute atomic E-state index is 5.63. The summed E-state index contributed by atoms with van der Waals surface area (Å²) in [6.07, 6.45) is 3.99. The first-order valence-corrected chi connectivity index (χ1v) is 6.76. The smallest absolute Gasteiger partial charge is 0.0368 e. The molecule has 0 amide bonds. The molecule has 0 radical (unpaired) electrons. The zero-order chi connectivity index (χ0) is 12.3. The fourth-order valence-corrected chi connectivity index (χ4v) is 2.13. The third-order valence-electron chi connectivity index (χ3n) is 3.44. The second-order valence-electron chi connectivity index (χ2n) is 5.48. The van der Waals surface area contributed by atoms with E-state index in [2.05, 4.69) is 43.0 Å². The highest BCUT2D eigenvalue weighted by molar-refractivity contribution is 5.49. The fraction of sp³-hybridized carbons (Fsp3) is 0.600. The van der Waals surface area contributed by atoms with Gasteiger partial charge in [0.2, 0.25) is 0 Å². The second kappa shape index (κ2) is 5.54. The van der Waals surface area contributed by atoms with Gasteiger partial charge in [0.05, 0.1) is 0 Å². The SMILES string of the molecule is CC(C)CCN(c1ccc(CN)cc1)C1CC1. The highest BCUT2D eigenvalue weighted by Crippen LogP contribution is 2.32. The van der Waals surface area contributed by atoms with Crippen molar-refractivity contribution in [2.75, 3.05) is 11.4 Å². The summed E-state index contributed by atoms with van der Waals surface area (Å²) in [4.78, 5) is 2.57. The van der Waals surface area contributed by atoms with Crippen molar-refractivity contribution in [3.05, 3.63) is 29.8 Å². The highest BCUT2D eigenvalue weighted by Gasteiger charge is 2.28. The first kappa shape index (κ1) is 12.4. The van der Waals surface area contributed by atoms with E-state index in [1.54, 1.807) is 0 Å². The van der Waals surface area contributed by atoms with Crippen LogP contribution in [0.25, 0.3) is 0 Å². The van der Waals surface area contributed by atoms with Crippen LogP contribution in [0.2, 0.25) is 0 Å².